The van der Waals surface area contributed by atoms with E-state index in [1.165, 1.54) is 6.20 Å². The zero-order chi connectivity index (χ0) is 14.9. The zero-order valence-corrected chi connectivity index (χ0v) is 11.3. The van der Waals surface area contributed by atoms with E-state index in [1.807, 2.05) is 30.3 Å². The molecule has 1 amide bonds. The number of rotatable bonds is 5. The maximum absolute atomic E-state index is 13.2. The van der Waals surface area contributed by atoms with Gasteiger partial charge < -0.3 is 10.1 Å². The smallest absolute Gasteiger partial charge is 0.407 e. The van der Waals surface area contributed by atoms with E-state index in [0.717, 1.165) is 5.56 Å². The summed E-state index contributed by atoms with van der Waals surface area (Å²) in [5.74, 6) is -0.541. The first-order valence-electron chi connectivity index (χ1n) is 6.47. The van der Waals surface area contributed by atoms with Crippen LogP contribution in [0.5, 0.6) is 0 Å². The van der Waals surface area contributed by atoms with E-state index in [9.17, 15) is 9.18 Å². The monoisotopic (exact) mass is 286 g/mol. The molecule has 0 bridgehead atoms. The Labute approximate surface area is 122 Å². The number of aromatic nitrogens is 1. The van der Waals surface area contributed by atoms with Crippen LogP contribution in [0.1, 0.15) is 11.1 Å². The Morgan fingerprint density at radius 3 is 2.81 bits per heavy atom. The van der Waals surface area contributed by atoms with E-state index in [2.05, 4.69) is 10.3 Å². The molecule has 0 spiro atoms. The Bertz CT molecular complexity index is 615. The highest BCUT2D eigenvalue weighted by atomic mass is 19.1. The van der Waals surface area contributed by atoms with E-state index in [4.69, 9.17) is 4.74 Å². The van der Waals surface area contributed by atoms with E-state index < -0.39 is 12.0 Å². The third-order valence-electron chi connectivity index (χ3n) is 2.66. The number of ether oxygens (including phenoxy) is 1. The lowest BCUT2D eigenvalue weighted by molar-refractivity contribution is 0.141. The Morgan fingerprint density at radius 2 is 2.05 bits per heavy atom. The molecule has 0 aliphatic carbocycles. The van der Waals surface area contributed by atoms with Crippen molar-refractivity contribution in [3.05, 3.63) is 71.8 Å². The van der Waals surface area contributed by atoms with Crippen molar-refractivity contribution >= 4 is 12.2 Å². The van der Waals surface area contributed by atoms with Gasteiger partial charge >= 0.3 is 6.09 Å². The number of alkyl carbamates (subject to hydrolysis) is 1. The first kappa shape index (κ1) is 14.7. The number of amides is 1. The average molecular weight is 286 g/mol. The van der Waals surface area contributed by atoms with E-state index in [1.54, 1.807) is 24.3 Å². The Morgan fingerprint density at radius 1 is 1.24 bits per heavy atom. The van der Waals surface area contributed by atoms with Crippen LogP contribution >= 0.6 is 0 Å². The van der Waals surface area contributed by atoms with Crippen molar-refractivity contribution in [1.82, 2.24) is 10.3 Å². The summed E-state index contributed by atoms with van der Waals surface area (Å²) in [5.41, 5.74) is 1.29. The second-order valence-electron chi connectivity index (χ2n) is 4.23. The summed E-state index contributed by atoms with van der Waals surface area (Å²) < 4.78 is 18.2. The third-order valence-corrected chi connectivity index (χ3v) is 2.66. The molecule has 4 nitrogen and oxygen atoms in total. The average Bonchev–Trinajstić information content (AvgIpc) is 2.52. The van der Waals surface area contributed by atoms with Gasteiger partial charge in [-0.25, -0.2) is 9.78 Å². The van der Waals surface area contributed by atoms with Crippen LogP contribution in [-0.2, 0) is 11.3 Å². The zero-order valence-electron chi connectivity index (χ0n) is 11.3. The molecule has 0 fully saturated rings. The molecule has 0 unspecified atom stereocenters. The minimum atomic E-state index is -0.541. The van der Waals surface area contributed by atoms with Gasteiger partial charge in [0.1, 0.15) is 6.61 Å². The van der Waals surface area contributed by atoms with Gasteiger partial charge in [-0.15, -0.1) is 0 Å². The van der Waals surface area contributed by atoms with Gasteiger partial charge in [-0.3, -0.25) is 0 Å². The molecule has 0 saturated carbocycles. The van der Waals surface area contributed by atoms with E-state index >= 15 is 0 Å². The van der Waals surface area contributed by atoms with Crippen molar-refractivity contribution < 1.29 is 13.9 Å². The molecule has 0 atom stereocenters. The molecule has 0 aliphatic rings. The largest absolute Gasteiger partial charge is 0.445 e. The lowest BCUT2D eigenvalue weighted by Gasteiger charge is -2.05. The summed E-state index contributed by atoms with van der Waals surface area (Å²) >= 11 is 0. The number of nitrogens with one attached hydrogen (secondary N) is 1. The molecule has 2 rings (SSSR count). The van der Waals surface area contributed by atoms with Gasteiger partial charge in [0.2, 0.25) is 5.95 Å². The van der Waals surface area contributed by atoms with Gasteiger partial charge in [0.05, 0.1) is 0 Å². The van der Waals surface area contributed by atoms with Crippen LogP contribution in [0.2, 0.25) is 0 Å². The predicted octanol–water partition coefficient (Wildman–Crippen LogP) is 3.16. The highest BCUT2D eigenvalue weighted by Crippen LogP contribution is 2.04. The van der Waals surface area contributed by atoms with Crippen molar-refractivity contribution in [1.29, 1.82) is 0 Å². The number of nitrogens with zero attached hydrogens (tertiary/aromatic N) is 1. The molecule has 21 heavy (non-hydrogen) atoms. The predicted molar refractivity (Wildman–Crippen MR) is 77.9 cm³/mol. The van der Waals surface area contributed by atoms with Crippen molar-refractivity contribution in [2.75, 3.05) is 6.54 Å². The van der Waals surface area contributed by atoms with Crippen molar-refractivity contribution in [2.24, 2.45) is 0 Å². The topological polar surface area (TPSA) is 51.2 Å². The Kier molecular flexibility index (Phi) is 5.46. The highest BCUT2D eigenvalue weighted by Gasteiger charge is 2.00. The fraction of sp³-hybridized carbons (Fsp3) is 0.125. The van der Waals surface area contributed by atoms with Crippen LogP contribution in [0.4, 0.5) is 9.18 Å². The minimum Gasteiger partial charge on any atom is -0.445 e. The summed E-state index contributed by atoms with van der Waals surface area (Å²) in [6.07, 6.45) is 4.05. The molecule has 1 heterocycles. The second-order valence-corrected chi connectivity index (χ2v) is 4.23. The Hall–Kier alpha value is -2.69. The molecule has 0 aliphatic heterocycles. The molecule has 1 N–H and O–H groups in total. The lowest BCUT2D eigenvalue weighted by atomic mass is 10.2. The first-order chi connectivity index (χ1) is 10.3. The molecule has 5 heteroatoms. The van der Waals surface area contributed by atoms with E-state index in [-0.39, 0.29) is 13.2 Å². The van der Waals surface area contributed by atoms with Crippen LogP contribution in [-0.4, -0.2) is 17.6 Å². The minimum absolute atomic E-state index is 0.216. The van der Waals surface area contributed by atoms with Gasteiger partial charge in [0.25, 0.3) is 0 Å². The second kappa shape index (κ2) is 7.79. The van der Waals surface area contributed by atoms with Crippen molar-refractivity contribution in [3.8, 4) is 0 Å². The maximum Gasteiger partial charge on any atom is 0.407 e. The van der Waals surface area contributed by atoms with Crippen molar-refractivity contribution in [2.45, 2.75) is 6.61 Å². The van der Waals surface area contributed by atoms with Gasteiger partial charge in [-0.2, -0.15) is 4.39 Å². The maximum atomic E-state index is 13.2. The fourth-order valence-corrected chi connectivity index (χ4v) is 1.63. The first-order valence-corrected chi connectivity index (χ1v) is 6.47. The SMILES string of the molecule is O=C(NCC=Cc1cccnc1F)OCc1ccccc1. The van der Waals surface area contributed by atoms with Crippen LogP contribution in [0.25, 0.3) is 6.08 Å². The van der Waals surface area contributed by atoms with Crippen LogP contribution in [0, 0.1) is 5.95 Å². The van der Waals surface area contributed by atoms with Gasteiger partial charge in [0.15, 0.2) is 0 Å². The van der Waals surface area contributed by atoms with Crippen LogP contribution < -0.4 is 5.32 Å². The number of hydrogen-bond donors (Lipinski definition) is 1. The summed E-state index contributed by atoms with van der Waals surface area (Å²) in [7, 11) is 0. The molecular weight excluding hydrogens is 271 g/mol. The molecule has 1 aromatic heterocycles. The van der Waals surface area contributed by atoms with Gasteiger partial charge in [0, 0.05) is 18.3 Å². The summed E-state index contributed by atoms with van der Waals surface area (Å²) in [6, 6.07) is 12.6. The number of halogens is 1. The van der Waals surface area contributed by atoms with Gasteiger partial charge in [-0.1, -0.05) is 42.5 Å². The quantitative estimate of drug-likeness (QED) is 0.859. The summed E-state index contributed by atoms with van der Waals surface area (Å²) in [5, 5.41) is 2.55. The van der Waals surface area contributed by atoms with Crippen molar-refractivity contribution in [3.63, 3.8) is 0 Å². The molecular formula is C16H15FN2O2. The standard InChI is InChI=1S/C16H15FN2O2/c17-15-14(8-4-10-18-15)9-5-11-19-16(20)21-12-13-6-2-1-3-7-13/h1-10H,11-12H2,(H,19,20). The van der Waals surface area contributed by atoms with Crippen LogP contribution in [0.15, 0.2) is 54.7 Å². The lowest BCUT2D eigenvalue weighted by Crippen LogP contribution is -2.24. The molecule has 2 aromatic rings. The third kappa shape index (κ3) is 5.06. The van der Waals surface area contributed by atoms with Crippen LogP contribution in [0.3, 0.4) is 0 Å². The Balaban J connectivity index is 1.71. The highest BCUT2D eigenvalue weighted by molar-refractivity contribution is 5.67. The summed E-state index contributed by atoms with van der Waals surface area (Å²) in [4.78, 5) is 15.0. The van der Waals surface area contributed by atoms with E-state index in [0.29, 0.717) is 5.56 Å². The molecule has 108 valence electrons. The number of carbonyl (C=O) groups is 1. The summed E-state index contributed by atoms with van der Waals surface area (Å²) in [6.45, 7) is 0.468. The molecule has 0 saturated heterocycles. The van der Waals surface area contributed by atoms with Gasteiger partial charge in [-0.05, 0) is 17.7 Å². The number of benzene rings is 1. The number of carbonyl (C=O) groups excluding carboxylic acids is 1. The number of pyridine rings is 1. The molecule has 0 radical (unpaired) electrons. The number of hydrogen-bond acceptors (Lipinski definition) is 3. The fourth-order valence-electron chi connectivity index (χ4n) is 1.63. The molecule has 1 aromatic carbocycles. The normalized spacial score (nSPS) is 10.5.